The molecular formula is C23H28N6O3. The number of aromatic nitrogens is 3. The highest BCUT2D eigenvalue weighted by Gasteiger charge is 2.22. The first-order valence-electron chi connectivity index (χ1n) is 10.8. The molecule has 0 spiro atoms. The van der Waals surface area contributed by atoms with E-state index in [9.17, 15) is 9.59 Å². The van der Waals surface area contributed by atoms with Crippen LogP contribution in [0.25, 0.3) is 11.0 Å². The molecule has 2 N–H and O–H groups in total. The molecule has 0 bridgehead atoms. The van der Waals surface area contributed by atoms with Gasteiger partial charge < -0.3 is 20.3 Å². The molecule has 0 saturated carbocycles. The smallest absolute Gasteiger partial charge is 0.259 e. The Bertz CT molecular complexity index is 1130. The van der Waals surface area contributed by atoms with Gasteiger partial charge in [0, 0.05) is 57.3 Å². The van der Waals surface area contributed by atoms with E-state index in [0.29, 0.717) is 36.6 Å². The number of carbonyl (C=O) groups is 2. The van der Waals surface area contributed by atoms with Gasteiger partial charge in [-0.05, 0) is 38.0 Å². The van der Waals surface area contributed by atoms with E-state index in [0.717, 1.165) is 29.6 Å². The van der Waals surface area contributed by atoms with Crippen molar-refractivity contribution < 1.29 is 14.3 Å². The number of rotatable bonds is 6. The predicted octanol–water partition coefficient (Wildman–Crippen LogP) is 3.00. The van der Waals surface area contributed by atoms with Gasteiger partial charge in [0.15, 0.2) is 5.65 Å². The summed E-state index contributed by atoms with van der Waals surface area (Å²) >= 11 is 0. The first-order valence-corrected chi connectivity index (χ1v) is 10.8. The van der Waals surface area contributed by atoms with Crippen molar-refractivity contribution in [3.63, 3.8) is 0 Å². The van der Waals surface area contributed by atoms with E-state index < -0.39 is 0 Å². The number of benzene rings is 1. The van der Waals surface area contributed by atoms with Crippen molar-refractivity contribution in [2.45, 2.75) is 32.4 Å². The summed E-state index contributed by atoms with van der Waals surface area (Å²) in [5, 5.41) is 11.7. The zero-order valence-corrected chi connectivity index (χ0v) is 18.6. The highest BCUT2D eigenvalue weighted by molar-refractivity contribution is 6.12. The summed E-state index contributed by atoms with van der Waals surface area (Å²) in [6.45, 7) is 4.07. The van der Waals surface area contributed by atoms with Crippen molar-refractivity contribution in [2.24, 2.45) is 0 Å². The van der Waals surface area contributed by atoms with E-state index in [4.69, 9.17) is 4.74 Å². The Balaban J connectivity index is 1.67. The van der Waals surface area contributed by atoms with Crippen LogP contribution in [0.1, 0.15) is 40.5 Å². The second kappa shape index (κ2) is 9.35. The van der Waals surface area contributed by atoms with Crippen molar-refractivity contribution in [3.8, 4) is 0 Å². The molecule has 1 saturated heterocycles. The first kappa shape index (κ1) is 21.8. The summed E-state index contributed by atoms with van der Waals surface area (Å²) in [7, 11) is 3.39. The Morgan fingerprint density at radius 2 is 2.00 bits per heavy atom. The molecule has 0 radical (unpaired) electrons. The Labute approximate surface area is 186 Å². The number of hydrogen-bond donors (Lipinski definition) is 2. The van der Waals surface area contributed by atoms with Gasteiger partial charge in [0.05, 0.1) is 22.8 Å². The number of hydrogen-bond acceptors (Lipinski definition) is 6. The summed E-state index contributed by atoms with van der Waals surface area (Å²) < 4.78 is 7.28. The number of fused-ring (bicyclic) bond motifs is 1. The molecule has 0 aliphatic carbocycles. The summed E-state index contributed by atoms with van der Waals surface area (Å²) in [5.74, 6) is -0.425. The van der Waals surface area contributed by atoms with Gasteiger partial charge in [-0.15, -0.1) is 0 Å². The number of ether oxygens (including phenoxy) is 1. The molecule has 3 aromatic rings. The molecule has 9 nitrogen and oxygen atoms in total. The molecule has 1 aromatic carbocycles. The van der Waals surface area contributed by atoms with Gasteiger partial charge in [0.1, 0.15) is 0 Å². The van der Waals surface area contributed by atoms with Crippen LogP contribution in [0.4, 0.5) is 11.4 Å². The topological polar surface area (TPSA) is 101 Å². The van der Waals surface area contributed by atoms with Crippen LogP contribution in [0, 0.1) is 0 Å². The van der Waals surface area contributed by atoms with Crippen LogP contribution in [0.15, 0.2) is 36.7 Å². The van der Waals surface area contributed by atoms with Crippen LogP contribution in [0.5, 0.6) is 0 Å². The predicted molar refractivity (Wildman–Crippen MR) is 123 cm³/mol. The third-order valence-electron chi connectivity index (χ3n) is 5.55. The average Bonchev–Trinajstić information content (AvgIpc) is 3.23. The van der Waals surface area contributed by atoms with Gasteiger partial charge in [0.2, 0.25) is 0 Å². The summed E-state index contributed by atoms with van der Waals surface area (Å²) in [6, 6.07) is 7.11. The molecule has 2 amide bonds. The fourth-order valence-corrected chi connectivity index (χ4v) is 3.82. The van der Waals surface area contributed by atoms with E-state index >= 15 is 0 Å². The van der Waals surface area contributed by atoms with E-state index in [1.54, 1.807) is 50.8 Å². The van der Waals surface area contributed by atoms with Crippen molar-refractivity contribution in [3.05, 3.63) is 47.8 Å². The number of anilines is 2. The molecule has 9 heteroatoms. The van der Waals surface area contributed by atoms with Gasteiger partial charge >= 0.3 is 0 Å². The molecule has 4 rings (SSSR count). The summed E-state index contributed by atoms with van der Waals surface area (Å²) in [6.07, 6.45) is 5.06. The first-order chi connectivity index (χ1) is 15.5. The Morgan fingerprint density at radius 1 is 1.22 bits per heavy atom. The van der Waals surface area contributed by atoms with Crippen molar-refractivity contribution in [1.29, 1.82) is 0 Å². The Kier molecular flexibility index (Phi) is 6.36. The van der Waals surface area contributed by atoms with Crippen LogP contribution in [0.2, 0.25) is 0 Å². The quantitative estimate of drug-likeness (QED) is 0.616. The maximum atomic E-state index is 13.3. The second-order valence-corrected chi connectivity index (χ2v) is 8.01. The van der Waals surface area contributed by atoms with Gasteiger partial charge in [-0.1, -0.05) is 6.07 Å². The molecule has 32 heavy (non-hydrogen) atoms. The lowest BCUT2D eigenvalue weighted by atomic mass is 10.1. The zero-order chi connectivity index (χ0) is 22.7. The van der Waals surface area contributed by atoms with Crippen LogP contribution >= 0.6 is 0 Å². The Hall–Kier alpha value is -3.46. The number of aryl methyl sites for hydroxylation is 1. The minimum atomic E-state index is -0.298. The lowest BCUT2D eigenvalue weighted by Gasteiger charge is -2.25. The minimum absolute atomic E-state index is 0.127. The maximum Gasteiger partial charge on any atom is 0.259 e. The molecular weight excluding hydrogens is 408 g/mol. The van der Waals surface area contributed by atoms with Crippen LogP contribution < -0.4 is 10.6 Å². The highest BCUT2D eigenvalue weighted by atomic mass is 16.5. The Morgan fingerprint density at radius 3 is 2.72 bits per heavy atom. The van der Waals surface area contributed by atoms with Crippen LogP contribution in [0.3, 0.4) is 0 Å². The van der Waals surface area contributed by atoms with Gasteiger partial charge in [0.25, 0.3) is 11.8 Å². The second-order valence-electron chi connectivity index (χ2n) is 8.01. The number of nitrogens with zero attached hydrogens (tertiary/aromatic N) is 4. The van der Waals surface area contributed by atoms with Gasteiger partial charge in [-0.2, -0.15) is 5.10 Å². The average molecular weight is 437 g/mol. The highest BCUT2D eigenvalue weighted by Crippen LogP contribution is 2.29. The molecule has 1 fully saturated rings. The largest absolute Gasteiger partial charge is 0.381 e. The summed E-state index contributed by atoms with van der Waals surface area (Å²) in [4.78, 5) is 31.6. The van der Waals surface area contributed by atoms with Crippen LogP contribution in [-0.2, 0) is 11.3 Å². The van der Waals surface area contributed by atoms with Crippen molar-refractivity contribution in [1.82, 2.24) is 19.7 Å². The standard InChI is InChI=1S/C23H28N6O3/c1-4-29-21-18(14-25-29)20(26-16-8-10-32-11-9-16)19(13-24-21)22(30)27-17-7-5-6-15(12-17)23(31)28(2)3/h5-7,12-14,16H,4,8-11H2,1-3H3,(H,24,26)(H,27,30). The summed E-state index contributed by atoms with van der Waals surface area (Å²) in [5.41, 5.74) is 2.94. The van der Waals surface area contributed by atoms with E-state index in [1.807, 2.05) is 11.6 Å². The number of amides is 2. The number of nitrogens with one attached hydrogen (secondary N) is 2. The lowest BCUT2D eigenvalue weighted by molar-refractivity contribution is 0.0827. The molecule has 0 unspecified atom stereocenters. The number of carbonyl (C=O) groups excluding carboxylic acids is 2. The minimum Gasteiger partial charge on any atom is -0.381 e. The third-order valence-corrected chi connectivity index (χ3v) is 5.55. The molecule has 1 aliphatic heterocycles. The molecule has 2 aromatic heterocycles. The fourth-order valence-electron chi connectivity index (χ4n) is 3.82. The zero-order valence-electron chi connectivity index (χ0n) is 18.6. The van der Waals surface area contributed by atoms with Crippen molar-refractivity contribution in [2.75, 3.05) is 37.9 Å². The van der Waals surface area contributed by atoms with Crippen molar-refractivity contribution >= 4 is 34.2 Å². The normalized spacial score (nSPS) is 14.3. The molecule has 1 aliphatic rings. The third kappa shape index (κ3) is 4.43. The van der Waals surface area contributed by atoms with E-state index in [2.05, 4.69) is 20.7 Å². The monoisotopic (exact) mass is 436 g/mol. The van der Waals surface area contributed by atoms with Gasteiger partial charge in [-0.25, -0.2) is 9.67 Å². The lowest BCUT2D eigenvalue weighted by Crippen LogP contribution is -2.29. The maximum absolute atomic E-state index is 13.3. The fraction of sp³-hybridized carbons (Fsp3) is 0.391. The van der Waals surface area contributed by atoms with E-state index in [-0.39, 0.29) is 17.9 Å². The number of pyridine rings is 1. The molecule has 168 valence electrons. The van der Waals surface area contributed by atoms with E-state index in [1.165, 1.54) is 4.90 Å². The molecule has 0 atom stereocenters. The van der Waals surface area contributed by atoms with Gasteiger partial charge in [-0.3, -0.25) is 9.59 Å². The van der Waals surface area contributed by atoms with Crippen LogP contribution in [-0.4, -0.2) is 64.8 Å². The SMILES string of the molecule is CCn1ncc2c(NC3CCOCC3)c(C(=O)Nc3cccc(C(=O)N(C)C)c3)cnc21. The molecule has 3 heterocycles.